The van der Waals surface area contributed by atoms with Crippen molar-refractivity contribution in [1.82, 2.24) is 5.32 Å². The Kier molecular flexibility index (Phi) is 3.06. The Hall–Kier alpha value is -1.80. The molecule has 1 unspecified atom stereocenters. The van der Waals surface area contributed by atoms with E-state index in [1.165, 1.54) is 0 Å². The van der Waals surface area contributed by atoms with Crippen molar-refractivity contribution in [1.29, 1.82) is 0 Å². The number of fused-ring (bicyclic) bond motifs is 1. The number of nitrogens with one attached hydrogen (secondary N) is 1. The van der Waals surface area contributed by atoms with Gasteiger partial charge < -0.3 is 5.32 Å². The largest absolute Gasteiger partial charge is 0.338 e. The number of hydrogen-bond acceptors (Lipinski definition) is 1. The molecule has 1 aliphatic heterocycles. The highest BCUT2D eigenvalue weighted by Gasteiger charge is 2.46. The van der Waals surface area contributed by atoms with E-state index in [4.69, 9.17) is 11.6 Å². The lowest BCUT2D eigenvalue weighted by atomic mass is 9.75. The Morgan fingerprint density at radius 3 is 2.35 bits per heavy atom. The fourth-order valence-electron chi connectivity index (χ4n) is 3.07. The fraction of sp³-hybridized carbons (Fsp3) is 0.235. The number of amides is 1. The lowest BCUT2D eigenvalue weighted by Crippen LogP contribution is -2.44. The lowest BCUT2D eigenvalue weighted by Gasteiger charge is -2.35. The van der Waals surface area contributed by atoms with Gasteiger partial charge in [0, 0.05) is 10.6 Å². The van der Waals surface area contributed by atoms with Crippen LogP contribution in [0.15, 0.2) is 48.5 Å². The van der Waals surface area contributed by atoms with Gasteiger partial charge in [-0.2, -0.15) is 0 Å². The van der Waals surface area contributed by atoms with Crippen LogP contribution in [0, 0.1) is 5.92 Å². The van der Waals surface area contributed by atoms with Crippen molar-refractivity contribution in [2.45, 2.75) is 19.4 Å². The maximum absolute atomic E-state index is 12.3. The zero-order valence-corrected chi connectivity index (χ0v) is 12.2. The van der Waals surface area contributed by atoms with Crippen molar-refractivity contribution in [3.63, 3.8) is 0 Å². The summed E-state index contributed by atoms with van der Waals surface area (Å²) in [5, 5.41) is 3.89. The van der Waals surface area contributed by atoms with Crippen LogP contribution >= 0.6 is 11.6 Å². The van der Waals surface area contributed by atoms with Crippen LogP contribution in [0.5, 0.6) is 0 Å². The van der Waals surface area contributed by atoms with Gasteiger partial charge in [-0.25, -0.2) is 0 Å². The van der Waals surface area contributed by atoms with Crippen molar-refractivity contribution < 1.29 is 4.79 Å². The molecule has 0 spiro atoms. The summed E-state index contributed by atoms with van der Waals surface area (Å²) in [6.45, 7) is 4.24. The molecule has 0 radical (unpaired) electrons. The molecule has 3 rings (SSSR count). The second-order valence-corrected chi connectivity index (χ2v) is 5.91. The molecule has 1 heterocycles. The van der Waals surface area contributed by atoms with Crippen molar-refractivity contribution in [3.05, 3.63) is 70.2 Å². The molecule has 2 aromatic carbocycles. The number of benzene rings is 2. The Labute approximate surface area is 123 Å². The van der Waals surface area contributed by atoms with Gasteiger partial charge in [-0.1, -0.05) is 55.8 Å². The molecule has 0 bridgehead atoms. The molecule has 0 aromatic heterocycles. The topological polar surface area (TPSA) is 29.1 Å². The second kappa shape index (κ2) is 4.64. The molecule has 2 nitrogen and oxygen atoms in total. The summed E-state index contributed by atoms with van der Waals surface area (Å²) in [4.78, 5) is 12.3. The molecule has 20 heavy (non-hydrogen) atoms. The van der Waals surface area contributed by atoms with E-state index in [0.717, 1.165) is 16.7 Å². The third-order valence-corrected chi connectivity index (χ3v) is 4.32. The van der Waals surface area contributed by atoms with Gasteiger partial charge in [0.25, 0.3) is 5.91 Å². The molecule has 0 saturated heterocycles. The average molecular weight is 286 g/mol. The molecule has 2 aromatic rings. The van der Waals surface area contributed by atoms with Gasteiger partial charge in [0.05, 0.1) is 5.54 Å². The highest BCUT2D eigenvalue weighted by molar-refractivity contribution is 6.30. The molecule has 1 N–H and O–H groups in total. The zero-order valence-electron chi connectivity index (χ0n) is 11.5. The minimum Gasteiger partial charge on any atom is -0.338 e. The van der Waals surface area contributed by atoms with E-state index in [1.54, 1.807) is 0 Å². The smallest absolute Gasteiger partial charge is 0.252 e. The van der Waals surface area contributed by atoms with E-state index in [-0.39, 0.29) is 11.8 Å². The predicted molar refractivity (Wildman–Crippen MR) is 81.0 cm³/mol. The van der Waals surface area contributed by atoms with Crippen LogP contribution in [0.4, 0.5) is 0 Å². The average Bonchev–Trinajstić information content (AvgIpc) is 2.75. The Morgan fingerprint density at radius 1 is 1.05 bits per heavy atom. The van der Waals surface area contributed by atoms with E-state index >= 15 is 0 Å². The van der Waals surface area contributed by atoms with Crippen LogP contribution in [0.2, 0.25) is 5.02 Å². The van der Waals surface area contributed by atoms with Gasteiger partial charge in [0.1, 0.15) is 0 Å². The number of halogens is 1. The van der Waals surface area contributed by atoms with Crippen molar-refractivity contribution in [3.8, 4) is 0 Å². The van der Waals surface area contributed by atoms with Crippen LogP contribution in [0.1, 0.15) is 35.3 Å². The highest BCUT2D eigenvalue weighted by atomic mass is 35.5. The molecular formula is C17H16ClNO. The second-order valence-electron chi connectivity index (χ2n) is 5.47. The molecule has 102 valence electrons. The van der Waals surface area contributed by atoms with E-state index in [2.05, 4.69) is 19.2 Å². The summed E-state index contributed by atoms with van der Waals surface area (Å²) in [5.74, 6) is 0.223. The van der Waals surface area contributed by atoms with Gasteiger partial charge in [-0.15, -0.1) is 0 Å². The first-order valence-corrected chi connectivity index (χ1v) is 7.11. The van der Waals surface area contributed by atoms with Crippen molar-refractivity contribution in [2.75, 3.05) is 0 Å². The van der Waals surface area contributed by atoms with Crippen LogP contribution in [-0.4, -0.2) is 5.91 Å². The molecule has 3 heteroatoms. The first kappa shape index (κ1) is 13.2. The van der Waals surface area contributed by atoms with Gasteiger partial charge >= 0.3 is 0 Å². The van der Waals surface area contributed by atoms with Crippen LogP contribution < -0.4 is 5.32 Å². The Bertz CT molecular complexity index is 663. The van der Waals surface area contributed by atoms with Crippen LogP contribution in [0.25, 0.3) is 0 Å². The fourth-order valence-corrected chi connectivity index (χ4v) is 3.19. The van der Waals surface area contributed by atoms with Crippen LogP contribution in [0.3, 0.4) is 0 Å². The highest BCUT2D eigenvalue weighted by Crippen LogP contribution is 2.42. The Balaban J connectivity index is 2.26. The molecule has 0 saturated carbocycles. The molecule has 1 atom stereocenters. The molecular weight excluding hydrogens is 270 g/mol. The number of rotatable bonds is 2. The first-order chi connectivity index (χ1) is 9.55. The monoisotopic (exact) mass is 285 g/mol. The summed E-state index contributed by atoms with van der Waals surface area (Å²) in [7, 11) is 0. The van der Waals surface area contributed by atoms with Crippen LogP contribution in [-0.2, 0) is 5.54 Å². The minimum absolute atomic E-state index is 0.00995. The first-order valence-electron chi connectivity index (χ1n) is 6.74. The Morgan fingerprint density at radius 2 is 1.70 bits per heavy atom. The van der Waals surface area contributed by atoms with E-state index in [1.807, 2.05) is 48.5 Å². The number of carbonyl (C=O) groups excluding carboxylic acids is 1. The summed E-state index contributed by atoms with van der Waals surface area (Å²) in [6, 6.07) is 15.5. The summed E-state index contributed by atoms with van der Waals surface area (Å²) >= 11 is 5.98. The number of carbonyl (C=O) groups is 1. The predicted octanol–water partition coefficient (Wildman–Crippen LogP) is 3.98. The van der Waals surface area contributed by atoms with Gasteiger partial charge in [0.2, 0.25) is 0 Å². The summed E-state index contributed by atoms with van der Waals surface area (Å²) < 4.78 is 0. The standard InChI is InChI=1S/C17H16ClNO/c1-11(2)17(12-7-9-13(18)10-8-12)15-6-4-3-5-14(15)16(20)19-17/h3-11H,1-2H3,(H,19,20). The van der Waals surface area contributed by atoms with Crippen molar-refractivity contribution in [2.24, 2.45) is 5.92 Å². The SMILES string of the molecule is CC(C)C1(c2ccc(Cl)cc2)NC(=O)c2ccccc21. The van der Waals surface area contributed by atoms with E-state index in [0.29, 0.717) is 5.02 Å². The van der Waals surface area contributed by atoms with Gasteiger partial charge in [0.15, 0.2) is 0 Å². The third kappa shape index (κ3) is 1.75. The quantitative estimate of drug-likeness (QED) is 0.888. The normalized spacial score (nSPS) is 20.9. The lowest BCUT2D eigenvalue weighted by molar-refractivity contribution is 0.0925. The van der Waals surface area contributed by atoms with Gasteiger partial charge in [-0.3, -0.25) is 4.79 Å². The summed E-state index contributed by atoms with van der Waals surface area (Å²) in [6.07, 6.45) is 0. The third-order valence-electron chi connectivity index (χ3n) is 4.07. The maximum Gasteiger partial charge on any atom is 0.252 e. The van der Waals surface area contributed by atoms with Gasteiger partial charge in [-0.05, 0) is 35.2 Å². The van der Waals surface area contributed by atoms with E-state index < -0.39 is 5.54 Å². The maximum atomic E-state index is 12.3. The molecule has 0 fully saturated rings. The number of hydrogen-bond donors (Lipinski definition) is 1. The molecule has 1 aliphatic rings. The van der Waals surface area contributed by atoms with Crippen molar-refractivity contribution >= 4 is 17.5 Å². The zero-order chi connectivity index (χ0) is 14.3. The molecule has 1 amide bonds. The molecule has 0 aliphatic carbocycles. The van der Waals surface area contributed by atoms with E-state index in [9.17, 15) is 4.79 Å². The summed E-state index contributed by atoms with van der Waals surface area (Å²) in [5.41, 5.74) is 2.40. The minimum atomic E-state index is -0.474.